The van der Waals surface area contributed by atoms with Crippen molar-refractivity contribution in [3.8, 4) is 0 Å². The third kappa shape index (κ3) is 6.34. The van der Waals surface area contributed by atoms with Gasteiger partial charge in [-0.3, -0.25) is 0 Å². The zero-order valence-corrected chi connectivity index (χ0v) is 9.96. The molecular formula is C6H15AsN4O. The van der Waals surface area contributed by atoms with Gasteiger partial charge >= 0.3 is 18.0 Å². The minimum Gasteiger partial charge on any atom is -0.346 e. The first-order valence-electron chi connectivity index (χ1n) is 3.62. The Balaban J connectivity index is 0.000000189. The molecule has 1 aliphatic heterocycles. The molecule has 1 aliphatic rings. The third-order valence-corrected chi connectivity index (χ3v) is 1.24. The second-order valence-corrected chi connectivity index (χ2v) is 2.09. The van der Waals surface area contributed by atoms with E-state index < -0.39 is 0 Å². The fourth-order valence-electron chi connectivity index (χ4n) is 0.740. The summed E-state index contributed by atoms with van der Waals surface area (Å²) in [5.74, 6) is 0. The summed E-state index contributed by atoms with van der Waals surface area (Å²) in [6.07, 6.45) is 2.88. The van der Waals surface area contributed by atoms with E-state index in [2.05, 4.69) is 25.5 Å². The summed E-state index contributed by atoms with van der Waals surface area (Å²) >= 11 is 0. The van der Waals surface area contributed by atoms with Crippen molar-refractivity contribution in [2.75, 3.05) is 26.2 Å². The predicted molar refractivity (Wildman–Crippen MR) is 50.0 cm³/mol. The number of nitrogens with one attached hydrogen (secondary N) is 2. The maximum absolute atomic E-state index is 4.22. The van der Waals surface area contributed by atoms with Crippen LogP contribution in [0.25, 0.3) is 0 Å². The quantitative estimate of drug-likeness (QED) is 0.512. The Morgan fingerprint density at radius 1 is 1.08 bits per heavy atom. The average molecular weight is 234 g/mol. The largest absolute Gasteiger partial charge is 0.346 e. The van der Waals surface area contributed by atoms with E-state index in [1.165, 1.54) is 12.5 Å². The molecular weight excluding hydrogens is 219 g/mol. The van der Waals surface area contributed by atoms with Gasteiger partial charge in [0.15, 0.2) is 0 Å². The molecule has 1 unspecified atom stereocenters. The molecule has 12 heavy (non-hydrogen) atoms. The molecule has 0 radical (unpaired) electrons. The van der Waals surface area contributed by atoms with Crippen LogP contribution in [-0.4, -0.2) is 54.5 Å². The van der Waals surface area contributed by atoms with Crippen LogP contribution < -0.4 is 10.6 Å². The number of hydrogen-bond acceptors (Lipinski definition) is 5. The third-order valence-electron chi connectivity index (χ3n) is 1.24. The minimum atomic E-state index is 0. The Hall–Kier alpha value is -0.382. The Morgan fingerprint density at radius 2 is 1.67 bits per heavy atom. The molecule has 2 N–H and O–H groups in total. The standard InChI is InChI=1S/C4H10N2.C2H2N2O.AsH3/c1-2-6-4-3-5-1;1-2-5-4-3-1;/h5-6H,1-4H2;1-2H;1H3. The normalized spacial score (nSPS) is 15.3. The molecule has 2 heterocycles. The van der Waals surface area contributed by atoms with E-state index >= 15 is 0 Å². The van der Waals surface area contributed by atoms with Gasteiger partial charge in [0, 0.05) is 31.5 Å². The molecule has 1 saturated heterocycles. The van der Waals surface area contributed by atoms with Crippen LogP contribution in [0.3, 0.4) is 0 Å². The molecule has 2 rings (SSSR count). The molecule has 1 fully saturated rings. The molecule has 1 aromatic rings. The molecule has 0 saturated carbocycles. The Labute approximate surface area is 82.6 Å². The summed E-state index contributed by atoms with van der Waals surface area (Å²) in [5.41, 5.74) is 0. The van der Waals surface area contributed by atoms with E-state index in [-0.39, 0.29) is 18.0 Å². The fraction of sp³-hybridized carbons (Fsp3) is 0.667. The fourth-order valence-corrected chi connectivity index (χ4v) is 0.740. The molecule has 6 heteroatoms. The van der Waals surface area contributed by atoms with Crippen molar-refractivity contribution in [1.82, 2.24) is 21.0 Å². The van der Waals surface area contributed by atoms with Crippen molar-refractivity contribution in [1.29, 1.82) is 0 Å². The minimum absolute atomic E-state index is 0. The Kier molecular flexibility index (Phi) is 8.44. The van der Waals surface area contributed by atoms with E-state index in [9.17, 15) is 0 Å². The number of hydrogen-bond donors (Lipinski definition) is 2. The number of nitrogens with zero attached hydrogens (tertiary/aromatic N) is 2. The molecule has 70 valence electrons. The summed E-state index contributed by atoms with van der Waals surface area (Å²) in [4.78, 5) is 0. The second kappa shape index (κ2) is 8.71. The van der Waals surface area contributed by atoms with Gasteiger partial charge in [0.05, 0.1) is 6.20 Å². The van der Waals surface area contributed by atoms with E-state index in [0.29, 0.717) is 0 Å². The molecule has 0 aromatic carbocycles. The van der Waals surface area contributed by atoms with Gasteiger partial charge in [-0.25, -0.2) is 0 Å². The van der Waals surface area contributed by atoms with Crippen molar-refractivity contribution in [2.24, 2.45) is 0 Å². The molecule has 0 amide bonds. The number of piperazine rings is 1. The summed E-state index contributed by atoms with van der Waals surface area (Å²) in [6.45, 7) is 4.56. The second-order valence-electron chi connectivity index (χ2n) is 2.09. The first-order valence-corrected chi connectivity index (χ1v) is 3.62. The predicted octanol–water partition coefficient (Wildman–Crippen LogP) is -1.94. The Bertz CT molecular complexity index is 126. The first kappa shape index (κ1) is 11.6. The van der Waals surface area contributed by atoms with E-state index in [0.717, 1.165) is 26.2 Å². The van der Waals surface area contributed by atoms with E-state index in [1.807, 2.05) is 0 Å². The van der Waals surface area contributed by atoms with Crippen LogP contribution in [0.15, 0.2) is 17.0 Å². The van der Waals surface area contributed by atoms with Crippen LogP contribution in [-0.2, 0) is 0 Å². The van der Waals surface area contributed by atoms with Crippen LogP contribution in [0.1, 0.15) is 0 Å². The van der Waals surface area contributed by atoms with E-state index in [4.69, 9.17) is 0 Å². The van der Waals surface area contributed by atoms with Gasteiger partial charge in [-0.1, -0.05) is 0 Å². The molecule has 1 aromatic heterocycles. The van der Waals surface area contributed by atoms with Gasteiger partial charge in [0.1, 0.15) is 6.26 Å². The maximum atomic E-state index is 4.22. The smallest absolute Gasteiger partial charge is 0.144 e. The SMILES string of the molecule is C1CNCCN1.[AsH3].c1conn1. The molecule has 0 bridgehead atoms. The van der Waals surface area contributed by atoms with Crippen LogP contribution in [0.2, 0.25) is 0 Å². The van der Waals surface area contributed by atoms with Gasteiger partial charge in [-0.15, -0.1) is 5.10 Å². The first-order chi connectivity index (χ1) is 5.50. The summed E-state index contributed by atoms with van der Waals surface area (Å²) in [6, 6.07) is 0. The monoisotopic (exact) mass is 234 g/mol. The van der Waals surface area contributed by atoms with Crippen molar-refractivity contribution < 1.29 is 4.52 Å². The summed E-state index contributed by atoms with van der Waals surface area (Å²) < 4.78 is 4.22. The van der Waals surface area contributed by atoms with Crippen LogP contribution in [0.4, 0.5) is 0 Å². The van der Waals surface area contributed by atoms with Crippen molar-refractivity contribution in [3.63, 3.8) is 0 Å². The molecule has 5 nitrogen and oxygen atoms in total. The maximum Gasteiger partial charge on any atom is 0.144 e. The van der Waals surface area contributed by atoms with Gasteiger partial charge in [0.25, 0.3) is 0 Å². The van der Waals surface area contributed by atoms with Crippen molar-refractivity contribution in [2.45, 2.75) is 0 Å². The van der Waals surface area contributed by atoms with Crippen LogP contribution in [0, 0.1) is 0 Å². The van der Waals surface area contributed by atoms with Crippen molar-refractivity contribution in [3.05, 3.63) is 12.5 Å². The molecule has 0 aliphatic carbocycles. The number of aromatic nitrogens is 2. The number of rotatable bonds is 0. The van der Waals surface area contributed by atoms with Gasteiger partial charge in [0.2, 0.25) is 0 Å². The summed E-state index contributed by atoms with van der Waals surface area (Å²) in [5, 5.41) is 12.8. The van der Waals surface area contributed by atoms with Crippen molar-refractivity contribution >= 4 is 18.0 Å². The van der Waals surface area contributed by atoms with Gasteiger partial charge < -0.3 is 15.2 Å². The zero-order valence-electron chi connectivity index (χ0n) is 6.99. The summed E-state index contributed by atoms with van der Waals surface area (Å²) in [7, 11) is 0. The molecule has 1 atom stereocenters. The average Bonchev–Trinajstić information content (AvgIpc) is 2.64. The van der Waals surface area contributed by atoms with Crippen LogP contribution >= 0.6 is 0 Å². The van der Waals surface area contributed by atoms with Crippen LogP contribution in [0.5, 0.6) is 0 Å². The van der Waals surface area contributed by atoms with E-state index in [1.54, 1.807) is 0 Å². The Morgan fingerprint density at radius 3 is 1.83 bits per heavy atom. The van der Waals surface area contributed by atoms with Gasteiger partial charge in [-0.2, -0.15) is 0 Å². The topological polar surface area (TPSA) is 63.0 Å². The zero-order chi connectivity index (χ0) is 7.78. The molecule has 0 spiro atoms. The van der Waals surface area contributed by atoms with Gasteiger partial charge in [-0.05, 0) is 0 Å².